The molecule has 5 rings (SSSR count). The average molecular weight is 516 g/mol. The van der Waals surface area contributed by atoms with Crippen LogP contribution in [0.15, 0.2) is 66.7 Å². The number of aryl methyl sites for hydroxylation is 1. The van der Waals surface area contributed by atoms with Crippen LogP contribution in [-0.2, 0) is 11.3 Å². The Morgan fingerprint density at radius 1 is 0.868 bits per heavy atom. The van der Waals surface area contributed by atoms with Crippen molar-refractivity contribution in [2.75, 3.05) is 39.4 Å². The predicted octanol–water partition coefficient (Wildman–Crippen LogP) is 5.44. The van der Waals surface area contributed by atoms with Gasteiger partial charge in [-0.2, -0.15) is 0 Å². The first-order valence-corrected chi connectivity index (χ1v) is 12.9. The Hall–Kier alpha value is -4.20. The molecule has 8 nitrogen and oxygen atoms in total. The van der Waals surface area contributed by atoms with Gasteiger partial charge in [0.1, 0.15) is 28.8 Å². The highest BCUT2D eigenvalue weighted by Crippen LogP contribution is 2.39. The van der Waals surface area contributed by atoms with E-state index in [2.05, 4.69) is 10.6 Å². The van der Waals surface area contributed by atoms with Crippen LogP contribution in [0.25, 0.3) is 11.0 Å². The quantitative estimate of drug-likeness (QED) is 0.248. The maximum atomic E-state index is 13.2. The Balaban J connectivity index is 1.31. The molecule has 0 bridgehead atoms. The SMILES string of the molecule is COc1cccc(OCCCCn2c(C3CC(=O)N(c4cc(OC)ccc4OC)C3)nc3ccccc32)c1. The van der Waals surface area contributed by atoms with E-state index in [9.17, 15) is 4.79 Å². The van der Waals surface area contributed by atoms with E-state index in [0.717, 1.165) is 53.4 Å². The molecule has 1 aromatic heterocycles. The highest BCUT2D eigenvalue weighted by Gasteiger charge is 2.36. The summed E-state index contributed by atoms with van der Waals surface area (Å²) in [6, 6.07) is 21.3. The largest absolute Gasteiger partial charge is 0.497 e. The van der Waals surface area contributed by atoms with E-state index in [0.29, 0.717) is 31.1 Å². The molecule has 8 heteroatoms. The summed E-state index contributed by atoms with van der Waals surface area (Å²) < 4.78 is 24.4. The van der Waals surface area contributed by atoms with E-state index in [1.54, 1.807) is 26.2 Å². The Bertz CT molecular complexity index is 1420. The number of methoxy groups -OCH3 is 3. The third-order valence-electron chi connectivity index (χ3n) is 6.94. The number of ether oxygens (including phenoxy) is 4. The third-order valence-corrected chi connectivity index (χ3v) is 6.94. The van der Waals surface area contributed by atoms with E-state index in [1.807, 2.05) is 60.7 Å². The molecule has 1 aliphatic heterocycles. The minimum atomic E-state index is -0.0289. The van der Waals surface area contributed by atoms with Crippen molar-refractivity contribution >= 4 is 22.6 Å². The monoisotopic (exact) mass is 515 g/mol. The van der Waals surface area contributed by atoms with Gasteiger partial charge in [-0.25, -0.2) is 4.98 Å². The van der Waals surface area contributed by atoms with Gasteiger partial charge in [0.25, 0.3) is 0 Å². The lowest BCUT2D eigenvalue weighted by Gasteiger charge is -2.20. The molecule has 0 radical (unpaired) electrons. The third kappa shape index (κ3) is 5.25. The molecular weight excluding hydrogens is 482 g/mol. The summed E-state index contributed by atoms with van der Waals surface area (Å²) in [5.41, 5.74) is 2.75. The number of rotatable bonds is 11. The molecule has 2 heterocycles. The maximum absolute atomic E-state index is 13.2. The lowest BCUT2D eigenvalue weighted by atomic mass is 10.1. The van der Waals surface area contributed by atoms with Crippen molar-refractivity contribution in [1.82, 2.24) is 9.55 Å². The fraction of sp³-hybridized carbons (Fsp3) is 0.333. The molecular formula is C30H33N3O5. The molecule has 0 saturated carbocycles. The topological polar surface area (TPSA) is 75.1 Å². The van der Waals surface area contributed by atoms with Crippen LogP contribution in [0.2, 0.25) is 0 Å². The minimum Gasteiger partial charge on any atom is -0.497 e. The lowest BCUT2D eigenvalue weighted by Crippen LogP contribution is -2.25. The summed E-state index contributed by atoms with van der Waals surface area (Å²) >= 11 is 0. The van der Waals surface area contributed by atoms with Crippen molar-refractivity contribution in [1.29, 1.82) is 0 Å². The highest BCUT2D eigenvalue weighted by molar-refractivity contribution is 5.98. The number of carbonyl (C=O) groups excluding carboxylic acids is 1. The summed E-state index contributed by atoms with van der Waals surface area (Å²) in [5.74, 6) is 3.87. The molecule has 1 aliphatic rings. The predicted molar refractivity (Wildman–Crippen MR) is 147 cm³/mol. The van der Waals surface area contributed by atoms with Crippen molar-refractivity contribution in [3.63, 3.8) is 0 Å². The number of amides is 1. The van der Waals surface area contributed by atoms with Crippen molar-refractivity contribution < 1.29 is 23.7 Å². The second-order valence-corrected chi connectivity index (χ2v) is 9.29. The molecule has 38 heavy (non-hydrogen) atoms. The van der Waals surface area contributed by atoms with Crippen LogP contribution in [0.3, 0.4) is 0 Å². The van der Waals surface area contributed by atoms with Crippen LogP contribution in [0, 0.1) is 0 Å². The molecule has 4 aromatic rings. The smallest absolute Gasteiger partial charge is 0.227 e. The van der Waals surface area contributed by atoms with E-state index in [4.69, 9.17) is 23.9 Å². The van der Waals surface area contributed by atoms with Gasteiger partial charge in [0.05, 0.1) is 44.7 Å². The lowest BCUT2D eigenvalue weighted by molar-refractivity contribution is -0.117. The van der Waals surface area contributed by atoms with E-state index in [1.165, 1.54) is 0 Å². The second kappa shape index (κ2) is 11.5. The Labute approximate surface area is 222 Å². The Morgan fingerprint density at radius 3 is 2.47 bits per heavy atom. The van der Waals surface area contributed by atoms with E-state index >= 15 is 0 Å². The fourth-order valence-corrected chi connectivity index (χ4v) is 5.01. The number of aromatic nitrogens is 2. The number of hydrogen-bond donors (Lipinski definition) is 0. The van der Waals surface area contributed by atoms with Gasteiger partial charge in [-0.3, -0.25) is 4.79 Å². The summed E-state index contributed by atoms with van der Waals surface area (Å²) in [6.45, 7) is 1.94. The average Bonchev–Trinajstić information content (AvgIpc) is 3.52. The van der Waals surface area contributed by atoms with Crippen molar-refractivity contribution in [3.05, 3.63) is 72.6 Å². The molecule has 3 aromatic carbocycles. The molecule has 1 atom stereocenters. The molecule has 1 unspecified atom stereocenters. The molecule has 1 amide bonds. The number of imidazole rings is 1. The minimum absolute atomic E-state index is 0.0289. The molecule has 198 valence electrons. The van der Waals surface area contributed by atoms with Crippen LogP contribution in [0.1, 0.15) is 31.0 Å². The van der Waals surface area contributed by atoms with Gasteiger partial charge >= 0.3 is 0 Å². The second-order valence-electron chi connectivity index (χ2n) is 9.29. The number of nitrogens with zero attached hydrogens (tertiary/aromatic N) is 3. The summed E-state index contributed by atoms with van der Waals surface area (Å²) in [6.07, 6.45) is 2.20. The zero-order valence-electron chi connectivity index (χ0n) is 22.1. The molecule has 0 spiro atoms. The first-order valence-electron chi connectivity index (χ1n) is 12.9. The standard InChI is InChI=1S/C30H33N3O5/c1-35-22-9-8-10-24(18-22)38-16-7-6-15-32-26-12-5-4-11-25(26)31-30(32)21-17-29(34)33(20-21)27-19-23(36-2)13-14-28(27)37-3/h4-5,8-14,18-19,21H,6-7,15-17,20H2,1-3H3. The first-order chi connectivity index (χ1) is 18.6. The number of unbranched alkanes of at least 4 members (excludes halogenated alkanes) is 1. The van der Waals surface area contributed by atoms with Crippen molar-refractivity contribution in [2.45, 2.75) is 31.7 Å². The summed E-state index contributed by atoms with van der Waals surface area (Å²) in [4.78, 5) is 20.0. The Kier molecular flexibility index (Phi) is 7.67. The van der Waals surface area contributed by atoms with Gasteiger partial charge in [-0.1, -0.05) is 18.2 Å². The van der Waals surface area contributed by atoms with Gasteiger partial charge in [-0.05, 0) is 49.2 Å². The molecule has 1 saturated heterocycles. The summed E-state index contributed by atoms with van der Waals surface area (Å²) in [5, 5.41) is 0. The van der Waals surface area contributed by atoms with Crippen molar-refractivity contribution in [2.24, 2.45) is 0 Å². The maximum Gasteiger partial charge on any atom is 0.227 e. The normalized spacial score (nSPS) is 15.2. The number of hydrogen-bond acceptors (Lipinski definition) is 6. The number of fused-ring (bicyclic) bond motifs is 1. The Morgan fingerprint density at radius 2 is 1.66 bits per heavy atom. The highest BCUT2D eigenvalue weighted by atomic mass is 16.5. The summed E-state index contributed by atoms with van der Waals surface area (Å²) in [7, 11) is 4.88. The molecule has 0 aliphatic carbocycles. The van der Waals surface area contributed by atoms with Crippen LogP contribution in [0.4, 0.5) is 5.69 Å². The zero-order chi connectivity index (χ0) is 26.5. The van der Waals surface area contributed by atoms with Gasteiger partial charge in [0, 0.05) is 37.6 Å². The number of anilines is 1. The van der Waals surface area contributed by atoms with Crippen LogP contribution >= 0.6 is 0 Å². The van der Waals surface area contributed by atoms with E-state index < -0.39 is 0 Å². The van der Waals surface area contributed by atoms with E-state index in [-0.39, 0.29) is 11.8 Å². The molecule has 0 N–H and O–H groups in total. The molecule has 1 fully saturated rings. The first kappa shape index (κ1) is 25.4. The van der Waals surface area contributed by atoms with Gasteiger partial charge in [0.15, 0.2) is 0 Å². The van der Waals surface area contributed by atoms with Crippen molar-refractivity contribution in [3.8, 4) is 23.0 Å². The number of para-hydroxylation sites is 2. The number of carbonyl (C=O) groups is 1. The van der Waals surface area contributed by atoms with Gasteiger partial charge < -0.3 is 28.4 Å². The zero-order valence-corrected chi connectivity index (χ0v) is 22.1. The van der Waals surface area contributed by atoms with Crippen LogP contribution in [-0.4, -0.2) is 49.9 Å². The van der Waals surface area contributed by atoms with Gasteiger partial charge in [0.2, 0.25) is 5.91 Å². The van der Waals surface area contributed by atoms with Crippen LogP contribution < -0.4 is 23.8 Å². The van der Waals surface area contributed by atoms with Gasteiger partial charge in [-0.15, -0.1) is 0 Å². The fourth-order valence-electron chi connectivity index (χ4n) is 5.01. The number of benzene rings is 3. The van der Waals surface area contributed by atoms with Crippen LogP contribution in [0.5, 0.6) is 23.0 Å².